The van der Waals surface area contributed by atoms with Crippen LogP contribution >= 0.6 is 27.5 Å². The minimum absolute atomic E-state index is 0.157. The molecule has 1 heterocycles. The molecule has 0 aliphatic rings. The fourth-order valence-electron chi connectivity index (χ4n) is 1.38. The highest BCUT2D eigenvalue weighted by Gasteiger charge is 2.15. The van der Waals surface area contributed by atoms with Crippen LogP contribution < -0.4 is 0 Å². The molecule has 21 heavy (non-hydrogen) atoms. The molecule has 0 aliphatic carbocycles. The Bertz CT molecular complexity index is 493. The Morgan fingerprint density at radius 2 is 1.81 bits per heavy atom. The summed E-state index contributed by atoms with van der Waals surface area (Å²) in [6, 6.07) is 0. The van der Waals surface area contributed by atoms with E-state index in [0.29, 0.717) is 11.6 Å². The predicted octanol–water partition coefficient (Wildman–Crippen LogP) is 4.00. The van der Waals surface area contributed by atoms with Gasteiger partial charge in [-0.1, -0.05) is 11.6 Å². The molecule has 0 aliphatic heterocycles. The highest BCUT2D eigenvalue weighted by Crippen LogP contribution is 2.30. The number of carbonyl (C=O) groups is 1. The number of aryl methyl sites for hydroxylation is 2. The van der Waals surface area contributed by atoms with Crippen LogP contribution in [0.4, 0.5) is 0 Å². The summed E-state index contributed by atoms with van der Waals surface area (Å²) >= 11 is 9.50. The quantitative estimate of drug-likeness (QED) is 0.805. The molecule has 0 bridgehead atoms. The third kappa shape index (κ3) is 8.39. The van der Waals surface area contributed by atoms with Gasteiger partial charge < -0.3 is 9.84 Å². The lowest BCUT2D eigenvalue weighted by molar-refractivity contribution is -0.142. The smallest absolute Gasteiger partial charge is 0.310 e. The third-order valence-electron chi connectivity index (χ3n) is 2.17. The summed E-state index contributed by atoms with van der Waals surface area (Å²) in [7, 11) is 0. The topological polar surface area (TPSA) is 59.4 Å². The van der Waals surface area contributed by atoms with Crippen molar-refractivity contribution in [1.82, 2.24) is 4.98 Å². The normalized spacial score (nSPS) is 10.7. The van der Waals surface area contributed by atoms with Crippen LogP contribution in [0.5, 0.6) is 0 Å². The number of hydrogen-bond acceptors (Lipinski definition) is 4. The van der Waals surface area contributed by atoms with Gasteiger partial charge in [-0.3, -0.25) is 9.78 Å². The first-order valence-corrected chi connectivity index (χ1v) is 7.83. The Labute approximate surface area is 140 Å². The molecule has 0 unspecified atom stereocenters. The van der Waals surface area contributed by atoms with E-state index in [1.54, 1.807) is 27.7 Å². The molecule has 1 aromatic heterocycles. The van der Waals surface area contributed by atoms with E-state index < -0.39 is 5.60 Å². The van der Waals surface area contributed by atoms with Crippen molar-refractivity contribution in [2.24, 2.45) is 0 Å². The van der Waals surface area contributed by atoms with Gasteiger partial charge in [-0.15, -0.1) is 0 Å². The molecule has 0 fully saturated rings. The number of hydrogen-bond donors (Lipinski definition) is 1. The van der Waals surface area contributed by atoms with E-state index in [4.69, 9.17) is 21.4 Å². The SMILES string of the molecule is CC(C)(C)O.CCOC(=O)Cc1c(C)nc(C)c(Br)c1Cl. The summed E-state index contributed by atoms with van der Waals surface area (Å²) in [5.74, 6) is -0.287. The first kappa shape index (κ1) is 20.3. The summed E-state index contributed by atoms with van der Waals surface area (Å²) < 4.78 is 5.62. The van der Waals surface area contributed by atoms with E-state index in [1.807, 2.05) is 13.8 Å². The monoisotopic (exact) mass is 379 g/mol. The molecular weight excluding hydrogens is 358 g/mol. The zero-order chi connectivity index (χ0) is 16.8. The van der Waals surface area contributed by atoms with Gasteiger partial charge in [0.1, 0.15) is 0 Å². The molecule has 0 saturated carbocycles. The van der Waals surface area contributed by atoms with Crippen LogP contribution in [-0.2, 0) is 16.0 Å². The van der Waals surface area contributed by atoms with Gasteiger partial charge in [0.2, 0.25) is 0 Å². The molecule has 1 aromatic rings. The van der Waals surface area contributed by atoms with Gasteiger partial charge in [-0.05, 0) is 57.5 Å². The molecule has 0 spiro atoms. The summed E-state index contributed by atoms with van der Waals surface area (Å²) in [6.45, 7) is 11.1. The fraction of sp³-hybridized carbons (Fsp3) is 0.600. The van der Waals surface area contributed by atoms with Gasteiger partial charge in [0.05, 0.1) is 33.8 Å². The second kappa shape index (κ2) is 8.71. The van der Waals surface area contributed by atoms with Crippen LogP contribution in [0.25, 0.3) is 0 Å². The Balaban J connectivity index is 0.000000690. The number of carbonyl (C=O) groups excluding carboxylic acids is 1. The number of ether oxygens (including phenoxy) is 1. The predicted molar refractivity (Wildman–Crippen MR) is 88.7 cm³/mol. The zero-order valence-corrected chi connectivity index (χ0v) is 15.7. The number of aromatic nitrogens is 1. The summed E-state index contributed by atoms with van der Waals surface area (Å²) in [4.78, 5) is 15.7. The van der Waals surface area contributed by atoms with Crippen LogP contribution in [0.2, 0.25) is 5.02 Å². The Morgan fingerprint density at radius 3 is 2.24 bits per heavy atom. The van der Waals surface area contributed by atoms with Crippen molar-refractivity contribution < 1.29 is 14.6 Å². The lowest BCUT2D eigenvalue weighted by Gasteiger charge is -2.10. The van der Waals surface area contributed by atoms with Crippen LogP contribution in [0, 0.1) is 13.8 Å². The molecular formula is C15H23BrClNO3. The number of rotatable bonds is 3. The number of esters is 1. The van der Waals surface area contributed by atoms with Crippen molar-refractivity contribution in [3.8, 4) is 0 Å². The molecule has 0 saturated heterocycles. The van der Waals surface area contributed by atoms with Gasteiger partial charge in [-0.2, -0.15) is 0 Å². The largest absolute Gasteiger partial charge is 0.466 e. The molecule has 4 nitrogen and oxygen atoms in total. The Kier molecular flexibility index (Phi) is 8.44. The molecule has 0 aromatic carbocycles. The Hall–Kier alpha value is -0.650. The zero-order valence-electron chi connectivity index (χ0n) is 13.4. The van der Waals surface area contributed by atoms with Crippen LogP contribution in [0.15, 0.2) is 4.47 Å². The molecule has 0 amide bonds. The second-order valence-electron chi connectivity index (χ2n) is 5.54. The van der Waals surface area contributed by atoms with Crippen molar-refractivity contribution in [3.63, 3.8) is 0 Å². The van der Waals surface area contributed by atoms with E-state index in [0.717, 1.165) is 21.4 Å². The number of halogens is 2. The van der Waals surface area contributed by atoms with Crippen molar-refractivity contribution in [3.05, 3.63) is 26.4 Å². The highest BCUT2D eigenvalue weighted by molar-refractivity contribution is 9.10. The first-order chi connectivity index (χ1) is 9.47. The standard InChI is InChI=1S/C11H13BrClNO2.C4H10O/c1-4-16-9(15)5-8-6(2)14-7(3)10(12)11(8)13;1-4(2,3)5/h4-5H2,1-3H3;5H,1-3H3. The van der Waals surface area contributed by atoms with Crippen molar-refractivity contribution in [1.29, 1.82) is 0 Å². The number of nitrogens with zero attached hydrogens (tertiary/aromatic N) is 1. The van der Waals surface area contributed by atoms with Crippen molar-refractivity contribution in [2.75, 3.05) is 6.61 Å². The summed E-state index contributed by atoms with van der Waals surface area (Å²) in [5.41, 5.74) is 1.80. The minimum atomic E-state index is -0.500. The van der Waals surface area contributed by atoms with Gasteiger partial charge in [0.25, 0.3) is 0 Å². The Morgan fingerprint density at radius 1 is 1.33 bits per heavy atom. The molecule has 120 valence electrons. The lowest BCUT2D eigenvalue weighted by atomic mass is 10.1. The molecule has 6 heteroatoms. The van der Waals surface area contributed by atoms with Gasteiger partial charge in [-0.25, -0.2) is 0 Å². The van der Waals surface area contributed by atoms with E-state index in [2.05, 4.69) is 20.9 Å². The van der Waals surface area contributed by atoms with E-state index in [-0.39, 0.29) is 12.4 Å². The van der Waals surface area contributed by atoms with E-state index in [9.17, 15) is 4.79 Å². The third-order valence-corrected chi connectivity index (χ3v) is 3.79. The average Bonchev–Trinajstić information content (AvgIpc) is 2.30. The summed E-state index contributed by atoms with van der Waals surface area (Å²) in [5, 5.41) is 9.06. The molecule has 0 radical (unpaired) electrons. The van der Waals surface area contributed by atoms with Gasteiger partial charge in [0.15, 0.2) is 0 Å². The summed E-state index contributed by atoms with van der Waals surface area (Å²) in [6.07, 6.45) is 0.157. The first-order valence-electron chi connectivity index (χ1n) is 6.66. The van der Waals surface area contributed by atoms with Crippen LogP contribution in [0.3, 0.4) is 0 Å². The minimum Gasteiger partial charge on any atom is -0.466 e. The average molecular weight is 381 g/mol. The highest BCUT2D eigenvalue weighted by atomic mass is 79.9. The van der Waals surface area contributed by atoms with E-state index in [1.165, 1.54) is 0 Å². The maximum absolute atomic E-state index is 11.4. The second-order valence-corrected chi connectivity index (χ2v) is 6.71. The van der Waals surface area contributed by atoms with Crippen LogP contribution in [0.1, 0.15) is 44.6 Å². The van der Waals surface area contributed by atoms with E-state index >= 15 is 0 Å². The lowest BCUT2D eigenvalue weighted by Crippen LogP contribution is -2.10. The molecule has 0 atom stereocenters. The number of pyridine rings is 1. The maximum Gasteiger partial charge on any atom is 0.310 e. The van der Waals surface area contributed by atoms with Crippen molar-refractivity contribution >= 4 is 33.5 Å². The molecule has 1 N–H and O–H groups in total. The van der Waals surface area contributed by atoms with Crippen molar-refractivity contribution in [2.45, 2.75) is 53.6 Å². The fourth-order valence-corrected chi connectivity index (χ4v) is 2.05. The van der Waals surface area contributed by atoms with Crippen LogP contribution in [-0.4, -0.2) is 28.3 Å². The molecule has 1 rings (SSSR count). The van der Waals surface area contributed by atoms with Gasteiger partial charge in [0, 0.05) is 11.3 Å². The van der Waals surface area contributed by atoms with Gasteiger partial charge >= 0.3 is 5.97 Å². The maximum atomic E-state index is 11.4. The number of aliphatic hydroxyl groups is 1.